The Balaban J connectivity index is 1.39. The number of nitrogens with zero attached hydrogens (tertiary/aromatic N) is 1. The number of fused-ring (bicyclic) bond motifs is 1. The fourth-order valence-corrected chi connectivity index (χ4v) is 4.85. The first-order valence-corrected chi connectivity index (χ1v) is 11.2. The number of thiazole rings is 1. The van der Waals surface area contributed by atoms with E-state index in [4.69, 9.17) is 14.5 Å². The number of rotatable bonds is 6. The molecule has 0 bridgehead atoms. The molecule has 1 aliphatic rings. The maximum Gasteiger partial charge on any atom is 0.303 e. The average molecular weight is 422 g/mol. The fourth-order valence-electron chi connectivity index (χ4n) is 3.89. The summed E-state index contributed by atoms with van der Waals surface area (Å²) in [5, 5.41) is 1.07. The molecular weight excluding hydrogens is 394 g/mol. The minimum atomic E-state index is -0.230. The van der Waals surface area contributed by atoms with Crippen LogP contribution in [-0.4, -0.2) is 17.6 Å². The molecule has 1 heterocycles. The Labute approximate surface area is 181 Å². The molecule has 1 unspecified atom stereocenters. The molecule has 4 nitrogen and oxygen atoms in total. The molecule has 0 saturated carbocycles. The van der Waals surface area contributed by atoms with E-state index in [1.807, 2.05) is 12.1 Å². The third kappa shape index (κ3) is 4.41. The van der Waals surface area contributed by atoms with Gasteiger partial charge in [0, 0.05) is 23.8 Å². The standard InChI is InChI=1S/C25H27NO3S/c1-15-5-6-20(13-16(15)2)25-26-23(17(3)30-25)11-12-28-21-8-9-22-19(14-21)7-10-24(22)29-18(4)27/h5-6,8-9,13-14,24H,7,10-12H2,1-4H3. The Bertz CT molecular complexity index is 1090. The highest BCUT2D eigenvalue weighted by Crippen LogP contribution is 2.36. The van der Waals surface area contributed by atoms with Gasteiger partial charge in [0.15, 0.2) is 0 Å². The van der Waals surface area contributed by atoms with Gasteiger partial charge < -0.3 is 9.47 Å². The van der Waals surface area contributed by atoms with Crippen molar-refractivity contribution in [1.29, 1.82) is 0 Å². The number of esters is 1. The number of ether oxygens (including phenoxy) is 2. The van der Waals surface area contributed by atoms with Crippen molar-refractivity contribution >= 4 is 17.3 Å². The Hall–Kier alpha value is -2.66. The van der Waals surface area contributed by atoms with Crippen LogP contribution in [0.4, 0.5) is 0 Å². The highest BCUT2D eigenvalue weighted by molar-refractivity contribution is 7.15. The number of aromatic nitrogens is 1. The van der Waals surface area contributed by atoms with Crippen LogP contribution in [0.25, 0.3) is 10.6 Å². The van der Waals surface area contributed by atoms with E-state index in [1.165, 1.54) is 34.1 Å². The zero-order chi connectivity index (χ0) is 21.3. The molecule has 0 aliphatic heterocycles. The van der Waals surface area contributed by atoms with Crippen molar-refractivity contribution in [2.75, 3.05) is 6.61 Å². The molecule has 1 atom stereocenters. The molecule has 4 rings (SSSR count). The predicted molar refractivity (Wildman–Crippen MR) is 120 cm³/mol. The Morgan fingerprint density at radius 3 is 2.73 bits per heavy atom. The minimum Gasteiger partial charge on any atom is -0.493 e. The summed E-state index contributed by atoms with van der Waals surface area (Å²) in [6.45, 7) is 8.44. The van der Waals surface area contributed by atoms with Crippen LogP contribution < -0.4 is 4.74 Å². The first-order valence-electron chi connectivity index (χ1n) is 10.4. The quantitative estimate of drug-likeness (QED) is 0.465. The van der Waals surface area contributed by atoms with Crippen molar-refractivity contribution in [3.05, 3.63) is 69.2 Å². The van der Waals surface area contributed by atoms with Gasteiger partial charge in [0.25, 0.3) is 0 Å². The van der Waals surface area contributed by atoms with Gasteiger partial charge in [0.2, 0.25) is 0 Å². The maximum absolute atomic E-state index is 11.3. The normalized spacial score (nSPS) is 15.1. The molecule has 0 saturated heterocycles. The third-order valence-corrected chi connectivity index (χ3v) is 6.76. The molecule has 2 aromatic carbocycles. The number of benzene rings is 2. The lowest BCUT2D eigenvalue weighted by Gasteiger charge is -2.12. The molecule has 5 heteroatoms. The van der Waals surface area contributed by atoms with Gasteiger partial charge in [0.1, 0.15) is 16.9 Å². The molecule has 0 amide bonds. The van der Waals surface area contributed by atoms with Crippen molar-refractivity contribution < 1.29 is 14.3 Å². The molecule has 156 valence electrons. The van der Waals surface area contributed by atoms with Gasteiger partial charge in [0.05, 0.1) is 12.3 Å². The van der Waals surface area contributed by atoms with Crippen LogP contribution in [0.1, 0.15) is 52.3 Å². The van der Waals surface area contributed by atoms with E-state index >= 15 is 0 Å². The largest absolute Gasteiger partial charge is 0.493 e. The van der Waals surface area contributed by atoms with Crippen LogP contribution in [0.15, 0.2) is 36.4 Å². The second-order valence-electron chi connectivity index (χ2n) is 7.92. The highest BCUT2D eigenvalue weighted by atomic mass is 32.1. The van der Waals surface area contributed by atoms with Gasteiger partial charge in [-0.15, -0.1) is 11.3 Å². The summed E-state index contributed by atoms with van der Waals surface area (Å²) in [5.74, 6) is 0.631. The number of carbonyl (C=O) groups excluding carboxylic acids is 1. The number of aryl methyl sites for hydroxylation is 4. The lowest BCUT2D eigenvalue weighted by Crippen LogP contribution is -2.05. The smallest absolute Gasteiger partial charge is 0.303 e. The van der Waals surface area contributed by atoms with E-state index < -0.39 is 0 Å². The van der Waals surface area contributed by atoms with E-state index in [9.17, 15) is 4.79 Å². The van der Waals surface area contributed by atoms with E-state index in [-0.39, 0.29) is 12.1 Å². The summed E-state index contributed by atoms with van der Waals surface area (Å²) < 4.78 is 11.4. The van der Waals surface area contributed by atoms with E-state index in [0.29, 0.717) is 6.61 Å². The SMILES string of the molecule is CC(=O)OC1CCc2cc(OCCc3nc(-c4ccc(C)c(C)c4)sc3C)ccc21. The second-order valence-corrected chi connectivity index (χ2v) is 9.12. The van der Waals surface area contributed by atoms with Crippen LogP contribution in [0.5, 0.6) is 5.75 Å². The minimum absolute atomic E-state index is 0.118. The zero-order valence-electron chi connectivity index (χ0n) is 18.0. The van der Waals surface area contributed by atoms with Gasteiger partial charge in [-0.1, -0.05) is 18.2 Å². The first-order chi connectivity index (χ1) is 14.4. The lowest BCUT2D eigenvalue weighted by molar-refractivity contribution is -0.146. The first kappa shape index (κ1) is 20.6. The number of hydrogen-bond acceptors (Lipinski definition) is 5. The van der Waals surface area contributed by atoms with Crippen molar-refractivity contribution in [3.8, 4) is 16.3 Å². The van der Waals surface area contributed by atoms with Gasteiger partial charge in [-0.25, -0.2) is 4.98 Å². The van der Waals surface area contributed by atoms with Crippen LogP contribution in [0, 0.1) is 20.8 Å². The van der Waals surface area contributed by atoms with Crippen molar-refractivity contribution in [2.24, 2.45) is 0 Å². The Morgan fingerprint density at radius 1 is 1.13 bits per heavy atom. The molecule has 30 heavy (non-hydrogen) atoms. The van der Waals surface area contributed by atoms with E-state index in [2.05, 4.69) is 45.0 Å². The molecule has 1 aromatic heterocycles. The zero-order valence-corrected chi connectivity index (χ0v) is 18.8. The molecule has 0 N–H and O–H groups in total. The molecule has 0 radical (unpaired) electrons. The van der Waals surface area contributed by atoms with Crippen molar-refractivity contribution in [3.63, 3.8) is 0 Å². The third-order valence-electron chi connectivity index (χ3n) is 5.70. The monoisotopic (exact) mass is 421 g/mol. The Morgan fingerprint density at radius 2 is 1.97 bits per heavy atom. The second kappa shape index (κ2) is 8.60. The molecule has 0 fully saturated rings. The molecule has 1 aliphatic carbocycles. The molecular formula is C25H27NO3S. The molecule has 3 aromatic rings. The summed E-state index contributed by atoms with van der Waals surface area (Å²) in [4.78, 5) is 17.4. The van der Waals surface area contributed by atoms with Gasteiger partial charge in [-0.05, 0) is 74.1 Å². The van der Waals surface area contributed by atoms with Crippen LogP contribution in [0.3, 0.4) is 0 Å². The van der Waals surface area contributed by atoms with Gasteiger partial charge >= 0.3 is 5.97 Å². The fraction of sp³-hybridized carbons (Fsp3) is 0.360. The summed E-state index contributed by atoms with van der Waals surface area (Å²) in [6.07, 6.45) is 2.42. The summed E-state index contributed by atoms with van der Waals surface area (Å²) in [6, 6.07) is 12.6. The van der Waals surface area contributed by atoms with Gasteiger partial charge in [-0.3, -0.25) is 4.79 Å². The lowest BCUT2D eigenvalue weighted by atomic mass is 10.1. The van der Waals surface area contributed by atoms with Crippen LogP contribution >= 0.6 is 11.3 Å². The number of hydrogen-bond donors (Lipinski definition) is 0. The predicted octanol–water partition coefficient (Wildman–Crippen LogP) is 5.91. The summed E-state index contributed by atoms with van der Waals surface area (Å²) in [5.41, 5.74) is 7.18. The van der Waals surface area contributed by atoms with Crippen LogP contribution in [-0.2, 0) is 22.4 Å². The highest BCUT2D eigenvalue weighted by Gasteiger charge is 2.25. The van der Waals surface area contributed by atoms with Crippen molar-refractivity contribution in [1.82, 2.24) is 4.98 Å². The van der Waals surface area contributed by atoms with Crippen molar-refractivity contribution in [2.45, 2.75) is 53.1 Å². The van der Waals surface area contributed by atoms with Crippen LogP contribution in [0.2, 0.25) is 0 Å². The summed E-state index contributed by atoms with van der Waals surface area (Å²) >= 11 is 1.74. The van der Waals surface area contributed by atoms with E-state index in [0.717, 1.165) is 41.3 Å². The average Bonchev–Trinajstić information content (AvgIpc) is 3.27. The Kier molecular flexibility index (Phi) is 5.91. The molecule has 0 spiro atoms. The summed E-state index contributed by atoms with van der Waals surface area (Å²) in [7, 11) is 0. The topological polar surface area (TPSA) is 48.4 Å². The maximum atomic E-state index is 11.3. The number of carbonyl (C=O) groups is 1. The van der Waals surface area contributed by atoms with E-state index in [1.54, 1.807) is 11.3 Å². The van der Waals surface area contributed by atoms with Gasteiger partial charge in [-0.2, -0.15) is 0 Å².